The standard InChI is InChI=1S/C19H17NO3/c1-2-11-23-15-9-7-13(8-10-15)19(22)20-18-16-6-4-3-5-14(16)12-17(18)21/h1,3-10,17-18,21H,11-12H2,(H,20,22). The first-order valence-electron chi connectivity index (χ1n) is 7.42. The molecule has 0 saturated carbocycles. The molecular formula is C19H17NO3. The molecule has 0 aromatic heterocycles. The van der Waals surface area contributed by atoms with Crippen LogP contribution in [-0.2, 0) is 6.42 Å². The minimum absolute atomic E-state index is 0.191. The van der Waals surface area contributed by atoms with E-state index in [1.54, 1.807) is 24.3 Å². The summed E-state index contributed by atoms with van der Waals surface area (Å²) in [5, 5.41) is 13.1. The molecule has 2 atom stereocenters. The number of nitrogens with one attached hydrogen (secondary N) is 1. The molecule has 4 nitrogen and oxygen atoms in total. The van der Waals surface area contributed by atoms with Crippen LogP contribution in [0.1, 0.15) is 27.5 Å². The van der Waals surface area contributed by atoms with Gasteiger partial charge in [0.05, 0.1) is 12.1 Å². The van der Waals surface area contributed by atoms with Crippen molar-refractivity contribution in [3.05, 3.63) is 65.2 Å². The Morgan fingerprint density at radius 1 is 1.26 bits per heavy atom. The number of aliphatic hydroxyl groups excluding tert-OH is 1. The SMILES string of the molecule is C#CCOc1ccc(C(=O)NC2c3ccccc3CC2O)cc1. The van der Waals surface area contributed by atoms with Crippen LogP contribution in [0, 0.1) is 12.3 Å². The first kappa shape index (κ1) is 15.1. The van der Waals surface area contributed by atoms with Gasteiger partial charge in [0.25, 0.3) is 5.91 Å². The average molecular weight is 307 g/mol. The van der Waals surface area contributed by atoms with Gasteiger partial charge in [0, 0.05) is 12.0 Å². The molecular weight excluding hydrogens is 290 g/mol. The van der Waals surface area contributed by atoms with Crippen LogP contribution >= 0.6 is 0 Å². The van der Waals surface area contributed by atoms with Crippen molar-refractivity contribution >= 4 is 5.91 Å². The molecule has 0 spiro atoms. The lowest BCUT2D eigenvalue weighted by Crippen LogP contribution is -2.33. The van der Waals surface area contributed by atoms with E-state index in [0.717, 1.165) is 11.1 Å². The second-order valence-electron chi connectivity index (χ2n) is 5.44. The second-order valence-corrected chi connectivity index (χ2v) is 5.44. The zero-order chi connectivity index (χ0) is 16.2. The number of fused-ring (bicyclic) bond motifs is 1. The molecule has 1 aliphatic rings. The summed E-state index contributed by atoms with van der Waals surface area (Å²) in [6, 6.07) is 14.1. The molecule has 2 unspecified atom stereocenters. The highest BCUT2D eigenvalue weighted by Gasteiger charge is 2.31. The molecule has 0 fully saturated rings. The van der Waals surface area contributed by atoms with E-state index in [1.807, 2.05) is 24.3 Å². The highest BCUT2D eigenvalue weighted by molar-refractivity contribution is 5.94. The lowest BCUT2D eigenvalue weighted by Gasteiger charge is -2.18. The molecule has 2 aromatic carbocycles. The molecule has 116 valence electrons. The summed E-state index contributed by atoms with van der Waals surface area (Å²) in [7, 11) is 0. The zero-order valence-corrected chi connectivity index (χ0v) is 12.5. The fourth-order valence-corrected chi connectivity index (χ4v) is 2.80. The van der Waals surface area contributed by atoms with Gasteiger partial charge in [-0.25, -0.2) is 0 Å². The van der Waals surface area contributed by atoms with Crippen molar-refractivity contribution < 1.29 is 14.6 Å². The molecule has 0 bridgehead atoms. The van der Waals surface area contributed by atoms with E-state index in [4.69, 9.17) is 11.2 Å². The summed E-state index contributed by atoms with van der Waals surface area (Å²) in [6.07, 6.45) is 5.09. The van der Waals surface area contributed by atoms with Crippen molar-refractivity contribution in [3.63, 3.8) is 0 Å². The van der Waals surface area contributed by atoms with Crippen molar-refractivity contribution in [2.75, 3.05) is 6.61 Å². The van der Waals surface area contributed by atoms with E-state index in [2.05, 4.69) is 11.2 Å². The Balaban J connectivity index is 1.71. The summed E-state index contributed by atoms with van der Waals surface area (Å²) in [4.78, 5) is 12.4. The molecule has 3 rings (SSSR count). The number of amides is 1. The Kier molecular flexibility index (Phi) is 4.31. The van der Waals surface area contributed by atoms with E-state index in [0.29, 0.717) is 17.7 Å². The monoisotopic (exact) mass is 307 g/mol. The van der Waals surface area contributed by atoms with E-state index >= 15 is 0 Å². The number of carbonyl (C=O) groups excluding carboxylic acids is 1. The van der Waals surface area contributed by atoms with Crippen LogP contribution in [0.25, 0.3) is 0 Å². The predicted molar refractivity (Wildman–Crippen MR) is 87.1 cm³/mol. The fourth-order valence-electron chi connectivity index (χ4n) is 2.80. The second kappa shape index (κ2) is 6.55. The van der Waals surface area contributed by atoms with E-state index in [-0.39, 0.29) is 18.6 Å². The molecule has 0 aliphatic heterocycles. The summed E-state index contributed by atoms with van der Waals surface area (Å²) < 4.78 is 5.28. The van der Waals surface area contributed by atoms with Crippen LogP contribution in [0.4, 0.5) is 0 Å². The normalized spacial score (nSPS) is 18.8. The van der Waals surface area contributed by atoms with Crippen LogP contribution < -0.4 is 10.1 Å². The van der Waals surface area contributed by atoms with Crippen LogP contribution in [0.2, 0.25) is 0 Å². The molecule has 2 N–H and O–H groups in total. The van der Waals surface area contributed by atoms with Gasteiger partial charge in [-0.1, -0.05) is 30.2 Å². The maximum Gasteiger partial charge on any atom is 0.251 e. The third-order valence-electron chi connectivity index (χ3n) is 3.93. The van der Waals surface area contributed by atoms with Crippen LogP contribution in [0.15, 0.2) is 48.5 Å². The van der Waals surface area contributed by atoms with Crippen molar-refractivity contribution in [1.82, 2.24) is 5.32 Å². The Bertz CT molecular complexity index is 746. The molecule has 0 saturated heterocycles. The predicted octanol–water partition coefficient (Wildman–Crippen LogP) is 2.09. The number of ether oxygens (including phenoxy) is 1. The van der Waals surface area contributed by atoms with E-state index in [1.165, 1.54) is 0 Å². The topological polar surface area (TPSA) is 58.6 Å². The van der Waals surface area contributed by atoms with Gasteiger partial charge < -0.3 is 15.2 Å². The van der Waals surface area contributed by atoms with Gasteiger partial charge >= 0.3 is 0 Å². The Hall–Kier alpha value is -2.77. The maximum absolute atomic E-state index is 12.4. The Labute approximate surface area is 135 Å². The van der Waals surface area contributed by atoms with Gasteiger partial charge in [0.2, 0.25) is 0 Å². The molecule has 1 aliphatic carbocycles. The fraction of sp³-hybridized carbons (Fsp3) is 0.211. The number of benzene rings is 2. The number of rotatable bonds is 4. The number of terminal acetylenes is 1. The molecule has 1 amide bonds. The summed E-state index contributed by atoms with van der Waals surface area (Å²) in [5.41, 5.74) is 2.56. The largest absolute Gasteiger partial charge is 0.481 e. The number of hydrogen-bond donors (Lipinski definition) is 2. The van der Waals surface area contributed by atoms with Crippen molar-refractivity contribution in [2.45, 2.75) is 18.6 Å². The summed E-state index contributed by atoms with van der Waals surface area (Å²) in [6.45, 7) is 0.191. The summed E-state index contributed by atoms with van der Waals surface area (Å²) in [5.74, 6) is 2.78. The van der Waals surface area contributed by atoms with Gasteiger partial charge in [-0.05, 0) is 35.4 Å². The number of hydrogen-bond acceptors (Lipinski definition) is 3. The molecule has 0 radical (unpaired) electrons. The zero-order valence-electron chi connectivity index (χ0n) is 12.5. The highest BCUT2D eigenvalue weighted by Crippen LogP contribution is 2.31. The van der Waals surface area contributed by atoms with E-state index < -0.39 is 6.10 Å². The molecule has 23 heavy (non-hydrogen) atoms. The lowest BCUT2D eigenvalue weighted by molar-refractivity contribution is 0.0858. The first-order chi connectivity index (χ1) is 11.2. The van der Waals surface area contributed by atoms with Crippen molar-refractivity contribution in [3.8, 4) is 18.1 Å². The number of carbonyl (C=O) groups is 1. The Morgan fingerprint density at radius 3 is 2.74 bits per heavy atom. The third kappa shape index (κ3) is 3.20. The number of aliphatic hydroxyl groups is 1. The van der Waals surface area contributed by atoms with Crippen molar-refractivity contribution in [2.24, 2.45) is 0 Å². The average Bonchev–Trinajstić information content (AvgIpc) is 2.89. The minimum Gasteiger partial charge on any atom is -0.481 e. The van der Waals surface area contributed by atoms with E-state index in [9.17, 15) is 9.90 Å². The van der Waals surface area contributed by atoms with Crippen LogP contribution in [0.3, 0.4) is 0 Å². The molecule has 2 aromatic rings. The lowest BCUT2D eigenvalue weighted by atomic mass is 10.1. The van der Waals surface area contributed by atoms with Crippen LogP contribution in [0.5, 0.6) is 5.75 Å². The highest BCUT2D eigenvalue weighted by atomic mass is 16.5. The van der Waals surface area contributed by atoms with Crippen molar-refractivity contribution in [1.29, 1.82) is 0 Å². The van der Waals surface area contributed by atoms with Gasteiger partial charge in [-0.15, -0.1) is 6.42 Å². The first-order valence-corrected chi connectivity index (χ1v) is 7.42. The summed E-state index contributed by atoms with van der Waals surface area (Å²) >= 11 is 0. The van der Waals surface area contributed by atoms with Gasteiger partial charge in [-0.3, -0.25) is 4.79 Å². The maximum atomic E-state index is 12.4. The molecule has 4 heteroatoms. The quantitative estimate of drug-likeness (QED) is 0.850. The third-order valence-corrected chi connectivity index (χ3v) is 3.93. The Morgan fingerprint density at radius 2 is 2.00 bits per heavy atom. The minimum atomic E-state index is -0.602. The van der Waals surface area contributed by atoms with Gasteiger partial charge in [0.1, 0.15) is 12.4 Å². The van der Waals surface area contributed by atoms with Crippen LogP contribution in [-0.4, -0.2) is 23.7 Å². The smallest absolute Gasteiger partial charge is 0.251 e. The molecule has 0 heterocycles. The van der Waals surface area contributed by atoms with Gasteiger partial charge in [-0.2, -0.15) is 0 Å². The van der Waals surface area contributed by atoms with Gasteiger partial charge in [0.15, 0.2) is 0 Å².